The molecule has 0 bridgehead atoms. The Bertz CT molecular complexity index is 251. The van der Waals surface area contributed by atoms with Crippen molar-refractivity contribution in [3.8, 4) is 0 Å². The van der Waals surface area contributed by atoms with Gasteiger partial charge in [-0.1, -0.05) is 54.3 Å². The fourth-order valence-electron chi connectivity index (χ4n) is 2.71. The molecule has 90 valence electrons. The van der Waals surface area contributed by atoms with E-state index >= 15 is 0 Å². The predicted molar refractivity (Wildman–Crippen MR) is 75.0 cm³/mol. The van der Waals surface area contributed by atoms with Crippen LogP contribution < -0.4 is 0 Å². The molecular weight excluding hydrogens is 200 g/mol. The van der Waals surface area contributed by atoms with Crippen molar-refractivity contribution < 1.29 is 0 Å². The lowest BCUT2D eigenvalue weighted by atomic mass is 9.62. The molecule has 1 aliphatic rings. The van der Waals surface area contributed by atoms with Crippen LogP contribution >= 0.6 is 10.5 Å². The molecule has 0 saturated heterocycles. The van der Waals surface area contributed by atoms with Gasteiger partial charge >= 0.3 is 0 Å². The van der Waals surface area contributed by atoms with Gasteiger partial charge in [-0.05, 0) is 23.7 Å². The highest BCUT2D eigenvalue weighted by atomic mass is 32.2. The normalized spacial score (nSPS) is 34.7. The Kier molecular flexibility index (Phi) is 3.46. The van der Waals surface area contributed by atoms with Crippen LogP contribution in [0, 0.1) is 17.3 Å². The molecule has 0 amide bonds. The highest BCUT2D eigenvalue weighted by Crippen LogP contribution is 2.55. The fourth-order valence-corrected chi connectivity index (χ4v) is 4.77. The Labute approximate surface area is 98.8 Å². The minimum atomic E-state index is 0.319. The van der Waals surface area contributed by atoms with Crippen LogP contribution in [0.15, 0.2) is 0 Å². The van der Waals surface area contributed by atoms with Crippen LogP contribution in [-0.4, -0.2) is 15.9 Å². The van der Waals surface area contributed by atoms with Gasteiger partial charge in [0.25, 0.3) is 0 Å². The molecule has 0 aromatic carbocycles. The van der Waals surface area contributed by atoms with Crippen molar-refractivity contribution in [2.75, 3.05) is 0 Å². The van der Waals surface area contributed by atoms with Crippen LogP contribution in [0.3, 0.4) is 0 Å². The van der Waals surface area contributed by atoms with Crippen LogP contribution in [0.4, 0.5) is 0 Å². The highest BCUT2D eigenvalue weighted by Gasteiger charge is 2.46. The van der Waals surface area contributed by atoms with Crippen molar-refractivity contribution in [2.24, 2.45) is 17.3 Å². The standard InChI is InChI=1S/C14H28S/c1-10-11(13(2,3)4)9-12(10)15(8)14(5,6)7/h10-12H,8-9H2,1-7H3. The summed E-state index contributed by atoms with van der Waals surface area (Å²) in [4.78, 5) is 0. The van der Waals surface area contributed by atoms with Gasteiger partial charge in [0.2, 0.25) is 0 Å². The second kappa shape index (κ2) is 3.91. The first-order valence-electron chi connectivity index (χ1n) is 6.08. The van der Waals surface area contributed by atoms with E-state index in [1.54, 1.807) is 0 Å². The molecule has 15 heavy (non-hydrogen) atoms. The minimum absolute atomic E-state index is 0.319. The number of hydrogen-bond acceptors (Lipinski definition) is 0. The second-order valence-electron chi connectivity index (χ2n) is 7.15. The maximum Gasteiger partial charge on any atom is 0.00285 e. The molecule has 0 spiro atoms. The molecule has 1 heteroatoms. The molecule has 1 saturated carbocycles. The van der Waals surface area contributed by atoms with E-state index in [9.17, 15) is 0 Å². The summed E-state index contributed by atoms with van der Waals surface area (Å²) in [5, 5.41) is 0.870. The molecule has 0 nitrogen and oxygen atoms in total. The van der Waals surface area contributed by atoms with Gasteiger partial charge in [-0.3, -0.25) is 0 Å². The van der Waals surface area contributed by atoms with E-state index in [2.05, 4.69) is 54.3 Å². The lowest BCUT2D eigenvalue weighted by molar-refractivity contribution is 0.0764. The molecular formula is C14H28S. The van der Waals surface area contributed by atoms with Crippen LogP contribution in [0.1, 0.15) is 54.9 Å². The summed E-state index contributed by atoms with van der Waals surface area (Å²) >= 11 is 0. The molecule has 0 radical (unpaired) electrons. The quantitative estimate of drug-likeness (QED) is 0.577. The van der Waals surface area contributed by atoms with E-state index in [1.807, 2.05) is 0 Å². The molecule has 1 fully saturated rings. The van der Waals surface area contributed by atoms with Gasteiger partial charge in [0.1, 0.15) is 0 Å². The summed E-state index contributed by atoms with van der Waals surface area (Å²) in [6, 6.07) is 0. The van der Waals surface area contributed by atoms with Crippen LogP contribution in [0.25, 0.3) is 0 Å². The van der Waals surface area contributed by atoms with E-state index in [1.165, 1.54) is 6.42 Å². The zero-order valence-corrected chi connectivity index (χ0v) is 12.4. The molecule has 0 aliphatic heterocycles. The van der Waals surface area contributed by atoms with Crippen LogP contribution in [0.2, 0.25) is 0 Å². The molecule has 4 unspecified atom stereocenters. The summed E-state index contributed by atoms with van der Waals surface area (Å²) in [6.45, 7) is 16.6. The van der Waals surface area contributed by atoms with Gasteiger partial charge in [0.05, 0.1) is 0 Å². The molecule has 0 heterocycles. The third-order valence-electron chi connectivity index (χ3n) is 3.97. The van der Waals surface area contributed by atoms with E-state index in [0.717, 1.165) is 17.1 Å². The summed E-state index contributed by atoms with van der Waals surface area (Å²) in [7, 11) is 0.319. The Hall–Kier alpha value is 0.220. The first-order chi connectivity index (χ1) is 6.55. The van der Waals surface area contributed by atoms with Gasteiger partial charge in [-0.15, -0.1) is 0 Å². The van der Waals surface area contributed by atoms with E-state index in [0.29, 0.717) is 20.6 Å². The average molecular weight is 228 g/mol. The maximum absolute atomic E-state index is 4.43. The Morgan fingerprint density at radius 2 is 1.53 bits per heavy atom. The van der Waals surface area contributed by atoms with Gasteiger partial charge in [0.15, 0.2) is 0 Å². The Balaban J connectivity index is 2.64. The molecule has 1 rings (SSSR count). The Morgan fingerprint density at radius 3 is 1.80 bits per heavy atom. The highest BCUT2D eigenvalue weighted by molar-refractivity contribution is 8.15. The van der Waals surface area contributed by atoms with Crippen molar-refractivity contribution in [3.63, 3.8) is 0 Å². The summed E-state index contributed by atoms with van der Waals surface area (Å²) in [5.74, 6) is 6.20. The van der Waals surface area contributed by atoms with Gasteiger partial charge < -0.3 is 0 Å². The topological polar surface area (TPSA) is 0 Å². The monoisotopic (exact) mass is 228 g/mol. The van der Waals surface area contributed by atoms with Gasteiger partial charge in [-0.2, -0.15) is 10.5 Å². The third kappa shape index (κ3) is 2.67. The summed E-state index contributed by atoms with van der Waals surface area (Å²) < 4.78 is 0.391. The predicted octanol–water partition coefficient (Wildman–Crippen LogP) is 4.56. The van der Waals surface area contributed by atoms with E-state index in [-0.39, 0.29) is 0 Å². The average Bonchev–Trinajstić information content (AvgIpc) is 1.97. The first-order valence-corrected chi connectivity index (χ1v) is 7.53. The molecule has 1 aliphatic carbocycles. The third-order valence-corrected chi connectivity index (χ3v) is 6.90. The van der Waals surface area contributed by atoms with Gasteiger partial charge in [0, 0.05) is 10.00 Å². The molecule has 4 atom stereocenters. The zero-order valence-electron chi connectivity index (χ0n) is 11.6. The molecule has 0 aromatic heterocycles. The van der Waals surface area contributed by atoms with E-state index < -0.39 is 0 Å². The lowest BCUT2D eigenvalue weighted by Crippen LogP contribution is -2.46. The van der Waals surface area contributed by atoms with Crippen LogP contribution in [-0.2, 0) is 0 Å². The Morgan fingerprint density at radius 1 is 1.07 bits per heavy atom. The summed E-state index contributed by atoms with van der Waals surface area (Å²) in [6.07, 6.45) is 1.40. The van der Waals surface area contributed by atoms with Crippen LogP contribution in [0.5, 0.6) is 0 Å². The van der Waals surface area contributed by atoms with Crippen molar-refractivity contribution >= 4 is 16.4 Å². The van der Waals surface area contributed by atoms with Crippen molar-refractivity contribution in [1.82, 2.24) is 0 Å². The molecule has 0 aromatic rings. The maximum atomic E-state index is 4.43. The van der Waals surface area contributed by atoms with Crippen molar-refractivity contribution in [2.45, 2.75) is 64.9 Å². The van der Waals surface area contributed by atoms with Crippen molar-refractivity contribution in [1.29, 1.82) is 0 Å². The van der Waals surface area contributed by atoms with Crippen molar-refractivity contribution in [3.05, 3.63) is 0 Å². The first kappa shape index (κ1) is 13.3. The minimum Gasteiger partial charge on any atom is -0.184 e. The fraction of sp³-hybridized carbons (Fsp3) is 0.929. The lowest BCUT2D eigenvalue weighted by Gasteiger charge is -2.53. The number of hydrogen-bond donors (Lipinski definition) is 0. The van der Waals surface area contributed by atoms with E-state index in [4.69, 9.17) is 0 Å². The largest absolute Gasteiger partial charge is 0.184 e. The van der Waals surface area contributed by atoms with Gasteiger partial charge in [-0.25, -0.2) is 0 Å². The summed E-state index contributed by atoms with van der Waals surface area (Å²) in [5.41, 5.74) is 0.484. The molecule has 0 N–H and O–H groups in total. The smallest absolute Gasteiger partial charge is 0.00285 e. The SMILES string of the molecule is C=S(C1CC(C(C)(C)C)C1C)C(C)(C)C. The second-order valence-corrected chi connectivity index (χ2v) is 9.83. The zero-order chi connectivity index (χ0) is 12.0. The number of rotatable bonds is 1.